The molecular weight excluding hydrogens is 599 g/mol. The van der Waals surface area contributed by atoms with Crippen molar-refractivity contribution in [3.63, 3.8) is 0 Å². The van der Waals surface area contributed by atoms with Crippen LogP contribution >= 0.6 is 0 Å². The lowest BCUT2D eigenvalue weighted by Gasteiger charge is -2.33. The summed E-state index contributed by atoms with van der Waals surface area (Å²) in [6.45, 7) is 16.1. The number of hydrazine groups is 1. The van der Waals surface area contributed by atoms with Crippen molar-refractivity contribution < 1.29 is 0 Å². The van der Waals surface area contributed by atoms with Gasteiger partial charge in [0.15, 0.2) is 0 Å². The number of nitrogens with zero attached hydrogens (tertiary/aromatic N) is 3. The molecule has 0 spiro atoms. The number of para-hydroxylation sites is 2. The molecule has 0 amide bonds. The molecule has 1 atom stereocenters. The number of hydrogen-bond donors (Lipinski definition) is 2. The second-order valence-corrected chi connectivity index (χ2v) is 15.9. The lowest BCUT2D eigenvalue weighted by atomic mass is 9.80. The second-order valence-electron chi connectivity index (χ2n) is 15.9. The lowest BCUT2D eigenvalue weighted by Crippen LogP contribution is -2.40. The average molecular weight is 660 g/mol. The maximum absolute atomic E-state index is 7.10. The molecule has 1 unspecified atom stereocenters. The molecule has 2 aromatic carbocycles. The number of fused-ring (bicyclic) bond motifs is 2. The SMILES string of the molecule is CCCN1/C(=C/C=C2\CCCC(/C=C/C3N(CCC)c4ccccc4C3(C)C)=C2N(N)/C=C(\N)C2CCCCC2)C(C)(C)c2ccccc21. The predicted molar refractivity (Wildman–Crippen MR) is 209 cm³/mol. The van der Waals surface area contributed by atoms with Crippen molar-refractivity contribution >= 4 is 11.4 Å². The van der Waals surface area contributed by atoms with E-state index in [-0.39, 0.29) is 16.9 Å². The maximum Gasteiger partial charge on any atom is 0.0632 e. The Labute approximate surface area is 297 Å². The molecule has 2 aliphatic carbocycles. The molecule has 2 heterocycles. The Morgan fingerprint density at radius 2 is 1.51 bits per heavy atom. The van der Waals surface area contributed by atoms with Gasteiger partial charge in [-0.2, -0.15) is 0 Å². The van der Waals surface area contributed by atoms with E-state index in [2.05, 4.69) is 124 Å². The number of nitrogens with two attached hydrogens (primary N) is 2. The van der Waals surface area contributed by atoms with Gasteiger partial charge >= 0.3 is 0 Å². The van der Waals surface area contributed by atoms with E-state index in [1.807, 2.05) is 11.2 Å². The largest absolute Gasteiger partial charge is 0.401 e. The standard InChI is InChI=1S/C44H61N5/c1-7-29-47-38-23-14-12-21-35(38)43(3,4)40(47)27-25-33-19-16-20-34(42(33)49(46)31-37(45)32-17-10-9-11-18-32)26-28-41-44(5,6)36-22-13-15-24-39(36)48(41)30-8-2/h12-15,21-28,31-32,40H,7-11,16-20,29-30,45-46H2,1-6H3/b27-25+,34-26+,37-31-,41-28+. The monoisotopic (exact) mass is 659 g/mol. The molecule has 5 heteroatoms. The first-order chi connectivity index (χ1) is 23.6. The molecule has 0 radical (unpaired) electrons. The highest BCUT2D eigenvalue weighted by Crippen LogP contribution is 2.48. The highest BCUT2D eigenvalue weighted by atomic mass is 15.4. The predicted octanol–water partition coefficient (Wildman–Crippen LogP) is 10.1. The molecule has 0 bridgehead atoms. The number of anilines is 2. The Morgan fingerprint density at radius 3 is 2.22 bits per heavy atom. The van der Waals surface area contributed by atoms with Gasteiger partial charge in [0, 0.05) is 52.9 Å². The third-order valence-corrected chi connectivity index (χ3v) is 11.7. The van der Waals surface area contributed by atoms with E-state index in [4.69, 9.17) is 11.6 Å². The van der Waals surface area contributed by atoms with E-state index in [9.17, 15) is 0 Å². The number of allylic oxidation sites excluding steroid dienone is 7. The minimum Gasteiger partial charge on any atom is -0.401 e. The normalized spacial score (nSPS) is 24.0. The van der Waals surface area contributed by atoms with Crippen LogP contribution in [0.3, 0.4) is 0 Å². The van der Waals surface area contributed by atoms with Crippen LogP contribution in [0.4, 0.5) is 11.4 Å². The number of benzene rings is 2. The van der Waals surface area contributed by atoms with Crippen molar-refractivity contribution in [2.45, 2.75) is 123 Å². The maximum atomic E-state index is 7.10. The minimum atomic E-state index is -0.0797. The summed E-state index contributed by atoms with van der Waals surface area (Å²) in [5.74, 6) is 7.52. The minimum absolute atomic E-state index is 0.000251. The Kier molecular flexibility index (Phi) is 10.5. The molecule has 4 aliphatic rings. The lowest BCUT2D eigenvalue weighted by molar-refractivity contribution is 0.387. The van der Waals surface area contributed by atoms with E-state index in [0.29, 0.717) is 5.92 Å². The van der Waals surface area contributed by atoms with Crippen molar-refractivity contribution in [3.8, 4) is 0 Å². The fraction of sp³-hybridized carbons (Fsp3) is 0.500. The van der Waals surface area contributed by atoms with Crippen LogP contribution in [-0.4, -0.2) is 24.1 Å². The summed E-state index contributed by atoms with van der Waals surface area (Å²) in [7, 11) is 0. The third kappa shape index (κ3) is 6.76. The van der Waals surface area contributed by atoms with Crippen LogP contribution in [0.1, 0.15) is 117 Å². The zero-order chi connectivity index (χ0) is 34.8. The van der Waals surface area contributed by atoms with Gasteiger partial charge < -0.3 is 15.5 Å². The molecule has 0 saturated heterocycles. The van der Waals surface area contributed by atoms with Crippen molar-refractivity contribution in [2.24, 2.45) is 17.5 Å². The summed E-state index contributed by atoms with van der Waals surface area (Å²) < 4.78 is 0. The quantitative estimate of drug-likeness (QED) is 0.196. The smallest absolute Gasteiger partial charge is 0.0632 e. The molecule has 1 fully saturated rings. The van der Waals surface area contributed by atoms with E-state index < -0.39 is 0 Å². The first-order valence-corrected chi connectivity index (χ1v) is 19.2. The molecule has 1 saturated carbocycles. The second kappa shape index (κ2) is 14.6. The van der Waals surface area contributed by atoms with Gasteiger partial charge in [-0.25, -0.2) is 5.84 Å². The molecule has 49 heavy (non-hydrogen) atoms. The van der Waals surface area contributed by atoms with Gasteiger partial charge in [0.2, 0.25) is 0 Å². The van der Waals surface area contributed by atoms with Gasteiger partial charge in [0.05, 0.1) is 11.7 Å². The van der Waals surface area contributed by atoms with Gasteiger partial charge in [-0.15, -0.1) is 0 Å². The molecule has 2 aliphatic heterocycles. The molecular formula is C44H61N5. The van der Waals surface area contributed by atoms with Crippen LogP contribution in [-0.2, 0) is 10.8 Å². The fourth-order valence-electron chi connectivity index (χ4n) is 9.14. The summed E-state index contributed by atoms with van der Waals surface area (Å²) in [6.07, 6.45) is 23.1. The van der Waals surface area contributed by atoms with Crippen molar-refractivity contribution in [1.29, 1.82) is 0 Å². The first-order valence-electron chi connectivity index (χ1n) is 19.2. The van der Waals surface area contributed by atoms with E-state index in [1.54, 1.807) is 0 Å². The van der Waals surface area contributed by atoms with Crippen LogP contribution in [0.2, 0.25) is 0 Å². The van der Waals surface area contributed by atoms with Crippen molar-refractivity contribution in [2.75, 3.05) is 22.9 Å². The van der Waals surface area contributed by atoms with Gasteiger partial charge in [-0.1, -0.05) is 115 Å². The Hall–Kier alpha value is -3.70. The molecule has 5 nitrogen and oxygen atoms in total. The van der Waals surface area contributed by atoms with E-state index >= 15 is 0 Å². The molecule has 6 rings (SSSR count). The Morgan fingerprint density at radius 1 is 0.837 bits per heavy atom. The highest BCUT2D eigenvalue weighted by Gasteiger charge is 2.43. The summed E-state index contributed by atoms with van der Waals surface area (Å²) in [5.41, 5.74) is 18.3. The number of rotatable bonds is 10. The number of hydrogen-bond acceptors (Lipinski definition) is 5. The third-order valence-electron chi connectivity index (χ3n) is 11.7. The van der Waals surface area contributed by atoms with Crippen LogP contribution in [0.25, 0.3) is 0 Å². The van der Waals surface area contributed by atoms with E-state index in [0.717, 1.165) is 69.4 Å². The molecule has 262 valence electrons. The summed E-state index contributed by atoms with van der Waals surface area (Å²) in [6, 6.07) is 18.2. The zero-order valence-corrected chi connectivity index (χ0v) is 31.1. The molecule has 4 N–H and O–H groups in total. The van der Waals surface area contributed by atoms with Gasteiger partial charge in [-0.05, 0) is 91.3 Å². The van der Waals surface area contributed by atoms with Crippen LogP contribution in [0.15, 0.2) is 107 Å². The van der Waals surface area contributed by atoms with Gasteiger partial charge in [-0.3, -0.25) is 5.01 Å². The molecule has 2 aromatic rings. The molecule has 0 aromatic heterocycles. The fourth-order valence-corrected chi connectivity index (χ4v) is 9.14. The summed E-state index contributed by atoms with van der Waals surface area (Å²) in [5, 5.41) is 1.88. The average Bonchev–Trinajstić information content (AvgIpc) is 3.45. The highest BCUT2D eigenvalue weighted by molar-refractivity contribution is 5.71. The Bertz CT molecular complexity index is 1650. The van der Waals surface area contributed by atoms with Crippen molar-refractivity contribution in [3.05, 3.63) is 118 Å². The van der Waals surface area contributed by atoms with E-state index in [1.165, 1.54) is 58.6 Å². The zero-order valence-electron chi connectivity index (χ0n) is 31.1. The topological polar surface area (TPSA) is 61.8 Å². The summed E-state index contributed by atoms with van der Waals surface area (Å²) >= 11 is 0. The van der Waals surface area contributed by atoms with Crippen LogP contribution in [0.5, 0.6) is 0 Å². The summed E-state index contributed by atoms with van der Waals surface area (Å²) in [4.78, 5) is 5.14. The Balaban J connectivity index is 1.42. The first kappa shape index (κ1) is 35.1. The van der Waals surface area contributed by atoms with Gasteiger partial charge in [0.1, 0.15) is 0 Å². The van der Waals surface area contributed by atoms with Crippen LogP contribution < -0.4 is 21.4 Å². The van der Waals surface area contributed by atoms with Gasteiger partial charge in [0.25, 0.3) is 0 Å². The van der Waals surface area contributed by atoms with Crippen LogP contribution in [0, 0.1) is 5.92 Å². The van der Waals surface area contributed by atoms with Crippen molar-refractivity contribution in [1.82, 2.24) is 5.01 Å².